The van der Waals surface area contributed by atoms with Gasteiger partial charge in [-0.15, -0.1) is 0 Å². The van der Waals surface area contributed by atoms with Crippen LogP contribution in [-0.4, -0.2) is 59.6 Å². The number of rotatable bonds is 7. The number of hydrogen-bond acceptors (Lipinski definition) is 5. The molecular weight excluding hydrogens is 426 g/mol. The summed E-state index contributed by atoms with van der Waals surface area (Å²) in [5.41, 5.74) is 2.66. The minimum absolute atomic E-state index is 0.00169. The summed E-state index contributed by atoms with van der Waals surface area (Å²) >= 11 is 0. The summed E-state index contributed by atoms with van der Waals surface area (Å²) in [7, 11) is 0. The molecule has 0 bridgehead atoms. The second-order valence-electron chi connectivity index (χ2n) is 9.40. The van der Waals surface area contributed by atoms with E-state index in [0.29, 0.717) is 25.5 Å². The summed E-state index contributed by atoms with van der Waals surface area (Å²) < 4.78 is 1.82. The first-order valence-corrected chi connectivity index (χ1v) is 12.5. The van der Waals surface area contributed by atoms with Gasteiger partial charge in [0.05, 0.1) is 17.6 Å². The van der Waals surface area contributed by atoms with Crippen LogP contribution in [0.25, 0.3) is 11.0 Å². The molecule has 2 aliphatic heterocycles. The maximum Gasteiger partial charge on any atom is 0.294 e. The number of benzene rings is 2. The molecule has 1 amide bonds. The third kappa shape index (κ3) is 4.99. The van der Waals surface area contributed by atoms with E-state index in [1.54, 1.807) is 0 Å². The van der Waals surface area contributed by atoms with E-state index >= 15 is 0 Å². The van der Waals surface area contributed by atoms with E-state index in [9.17, 15) is 9.59 Å². The zero-order valence-electron chi connectivity index (χ0n) is 19.7. The van der Waals surface area contributed by atoms with Gasteiger partial charge in [-0.3, -0.25) is 14.2 Å². The highest BCUT2D eigenvalue weighted by Crippen LogP contribution is 2.22. The molecule has 0 saturated carbocycles. The van der Waals surface area contributed by atoms with Gasteiger partial charge in [0, 0.05) is 32.1 Å². The molecule has 178 valence electrons. The Hall–Kier alpha value is -3.19. The zero-order chi connectivity index (χ0) is 23.3. The van der Waals surface area contributed by atoms with Crippen LogP contribution in [0.3, 0.4) is 0 Å². The van der Waals surface area contributed by atoms with E-state index in [4.69, 9.17) is 4.98 Å². The van der Waals surface area contributed by atoms with Crippen LogP contribution >= 0.6 is 0 Å². The Bertz CT molecular complexity index is 1180. The number of aromatic nitrogens is 2. The summed E-state index contributed by atoms with van der Waals surface area (Å²) in [4.78, 5) is 35.5. The number of carbonyl (C=O) groups is 1. The lowest BCUT2D eigenvalue weighted by atomic mass is 9.96. The largest absolute Gasteiger partial charge is 0.355 e. The van der Waals surface area contributed by atoms with Gasteiger partial charge >= 0.3 is 0 Å². The lowest BCUT2D eigenvalue weighted by molar-refractivity contribution is -0.125. The maximum atomic E-state index is 13.5. The Morgan fingerprint density at radius 3 is 2.41 bits per heavy atom. The van der Waals surface area contributed by atoms with E-state index < -0.39 is 0 Å². The highest BCUT2D eigenvalue weighted by atomic mass is 16.2. The van der Waals surface area contributed by atoms with E-state index in [2.05, 4.69) is 15.1 Å². The number of hydrogen-bond donors (Lipinski definition) is 1. The van der Waals surface area contributed by atoms with Crippen LogP contribution in [0.15, 0.2) is 59.4 Å². The standard InChI is InChI=1S/C27H33N5O2/c33-26(28-14-19-30-15-6-7-16-30)22-12-17-31(18-13-22)25-27(34)32(20-21-8-2-1-3-9-21)24-11-5-4-10-23(24)29-25/h1-5,8-11,22H,6-7,12-20H2,(H,28,33). The van der Waals surface area contributed by atoms with Crippen LogP contribution in [0.5, 0.6) is 0 Å². The molecule has 5 rings (SSSR count). The van der Waals surface area contributed by atoms with Gasteiger partial charge in [-0.1, -0.05) is 42.5 Å². The fraction of sp³-hybridized carbons (Fsp3) is 0.444. The van der Waals surface area contributed by atoms with Gasteiger partial charge in [-0.2, -0.15) is 0 Å². The van der Waals surface area contributed by atoms with Crippen LogP contribution in [0, 0.1) is 5.92 Å². The van der Waals surface area contributed by atoms with Crippen molar-refractivity contribution in [2.24, 2.45) is 5.92 Å². The Kier molecular flexibility index (Phi) is 6.90. The molecule has 1 aromatic heterocycles. The summed E-state index contributed by atoms with van der Waals surface area (Å²) in [6, 6.07) is 17.8. The van der Waals surface area contributed by atoms with Crippen molar-refractivity contribution >= 4 is 22.8 Å². The molecule has 3 aromatic rings. The Morgan fingerprint density at radius 2 is 1.65 bits per heavy atom. The van der Waals surface area contributed by atoms with Gasteiger partial charge in [-0.05, 0) is 56.5 Å². The van der Waals surface area contributed by atoms with E-state index in [0.717, 1.165) is 55.6 Å². The van der Waals surface area contributed by atoms with Crippen molar-refractivity contribution in [1.82, 2.24) is 19.8 Å². The first-order chi connectivity index (χ1) is 16.7. The molecule has 34 heavy (non-hydrogen) atoms. The third-order valence-corrected chi connectivity index (χ3v) is 7.11. The van der Waals surface area contributed by atoms with Gasteiger partial charge in [0.2, 0.25) is 5.91 Å². The number of anilines is 1. The number of para-hydroxylation sites is 2. The monoisotopic (exact) mass is 459 g/mol. The number of piperidine rings is 1. The summed E-state index contributed by atoms with van der Waals surface area (Å²) in [5.74, 6) is 0.635. The number of nitrogens with one attached hydrogen (secondary N) is 1. The Morgan fingerprint density at radius 1 is 0.941 bits per heavy atom. The molecule has 0 unspecified atom stereocenters. The first-order valence-electron chi connectivity index (χ1n) is 12.5. The van der Waals surface area contributed by atoms with Gasteiger partial charge in [0.25, 0.3) is 5.56 Å². The van der Waals surface area contributed by atoms with Crippen LogP contribution in [0.2, 0.25) is 0 Å². The second-order valence-corrected chi connectivity index (χ2v) is 9.40. The number of amides is 1. The van der Waals surface area contributed by atoms with Crippen molar-refractivity contribution in [1.29, 1.82) is 0 Å². The molecule has 7 nitrogen and oxygen atoms in total. The average molecular weight is 460 g/mol. The molecule has 7 heteroatoms. The Balaban J connectivity index is 1.28. The van der Waals surface area contributed by atoms with Gasteiger partial charge < -0.3 is 15.1 Å². The maximum absolute atomic E-state index is 13.5. The number of nitrogens with zero attached hydrogens (tertiary/aromatic N) is 4. The molecule has 0 aliphatic carbocycles. The third-order valence-electron chi connectivity index (χ3n) is 7.11. The topological polar surface area (TPSA) is 70.5 Å². The molecular formula is C27H33N5O2. The van der Waals surface area contributed by atoms with Crippen LogP contribution < -0.4 is 15.8 Å². The molecule has 0 spiro atoms. The quantitative estimate of drug-likeness (QED) is 0.588. The summed E-state index contributed by atoms with van der Waals surface area (Å²) in [6.45, 7) is 5.78. The fourth-order valence-corrected chi connectivity index (χ4v) is 5.15. The van der Waals surface area contributed by atoms with Gasteiger partial charge in [-0.25, -0.2) is 4.98 Å². The molecule has 0 atom stereocenters. The number of likely N-dealkylation sites (tertiary alicyclic amines) is 1. The predicted molar refractivity (Wildman–Crippen MR) is 135 cm³/mol. The number of fused-ring (bicyclic) bond motifs is 1. The smallest absolute Gasteiger partial charge is 0.294 e. The minimum Gasteiger partial charge on any atom is -0.355 e. The minimum atomic E-state index is -0.0731. The molecule has 3 heterocycles. The van der Waals surface area contributed by atoms with E-state index in [1.165, 1.54) is 12.8 Å². The summed E-state index contributed by atoms with van der Waals surface area (Å²) in [6.07, 6.45) is 4.01. The molecule has 2 saturated heterocycles. The van der Waals surface area contributed by atoms with Crippen LogP contribution in [0.4, 0.5) is 5.82 Å². The van der Waals surface area contributed by atoms with Crippen LogP contribution in [-0.2, 0) is 11.3 Å². The van der Waals surface area contributed by atoms with Gasteiger partial charge in [0.15, 0.2) is 5.82 Å². The van der Waals surface area contributed by atoms with Crippen LogP contribution in [0.1, 0.15) is 31.2 Å². The highest BCUT2D eigenvalue weighted by Gasteiger charge is 2.27. The zero-order valence-corrected chi connectivity index (χ0v) is 19.7. The number of carbonyl (C=O) groups excluding carboxylic acids is 1. The normalized spacial score (nSPS) is 17.4. The molecule has 2 aliphatic rings. The first kappa shape index (κ1) is 22.6. The summed E-state index contributed by atoms with van der Waals surface area (Å²) in [5, 5.41) is 3.13. The van der Waals surface area contributed by atoms with Crippen molar-refractivity contribution in [3.05, 3.63) is 70.5 Å². The highest BCUT2D eigenvalue weighted by molar-refractivity contribution is 5.79. The van der Waals surface area contributed by atoms with Crippen molar-refractivity contribution < 1.29 is 4.79 Å². The Labute approximate surface area is 200 Å². The van der Waals surface area contributed by atoms with Crippen molar-refractivity contribution in [3.63, 3.8) is 0 Å². The molecule has 0 radical (unpaired) electrons. The van der Waals surface area contributed by atoms with Crippen molar-refractivity contribution in [3.8, 4) is 0 Å². The van der Waals surface area contributed by atoms with Gasteiger partial charge in [0.1, 0.15) is 0 Å². The van der Waals surface area contributed by atoms with Crippen molar-refractivity contribution in [2.75, 3.05) is 44.2 Å². The lowest BCUT2D eigenvalue weighted by Crippen LogP contribution is -2.44. The van der Waals surface area contributed by atoms with E-state index in [-0.39, 0.29) is 17.4 Å². The lowest BCUT2D eigenvalue weighted by Gasteiger charge is -2.32. The SMILES string of the molecule is O=C(NCCN1CCCC1)C1CCN(c2nc3ccccc3n(Cc3ccccc3)c2=O)CC1. The average Bonchev–Trinajstić information content (AvgIpc) is 3.40. The molecule has 1 N–H and O–H groups in total. The second kappa shape index (κ2) is 10.4. The predicted octanol–water partition coefficient (Wildman–Crippen LogP) is 2.87. The molecule has 2 aromatic carbocycles. The van der Waals surface area contributed by atoms with Crippen molar-refractivity contribution in [2.45, 2.75) is 32.2 Å². The van der Waals surface area contributed by atoms with E-state index in [1.807, 2.05) is 59.2 Å². The fourth-order valence-electron chi connectivity index (χ4n) is 5.15. The molecule has 2 fully saturated rings.